The van der Waals surface area contributed by atoms with Crippen LogP contribution in [0.5, 0.6) is 0 Å². The van der Waals surface area contributed by atoms with Gasteiger partial charge in [0.25, 0.3) is 0 Å². The zero-order valence-corrected chi connectivity index (χ0v) is 12.0. The SMILES string of the molecule is C=C(C)[C@@]1(C)[C@H](c2cc(C)cc(C)c2)C1(C)C. The lowest BCUT2D eigenvalue weighted by Crippen LogP contribution is -2.04. The summed E-state index contributed by atoms with van der Waals surface area (Å²) in [6.07, 6.45) is 0. The molecule has 0 aliphatic heterocycles. The maximum Gasteiger partial charge on any atom is 0.000949 e. The Morgan fingerprint density at radius 2 is 1.53 bits per heavy atom. The van der Waals surface area contributed by atoms with Gasteiger partial charge in [-0.05, 0) is 37.7 Å². The Labute approximate surface area is 106 Å². The van der Waals surface area contributed by atoms with Gasteiger partial charge in [0.15, 0.2) is 0 Å². The summed E-state index contributed by atoms with van der Waals surface area (Å²) in [5.74, 6) is 0.617. The summed E-state index contributed by atoms with van der Waals surface area (Å²) in [5, 5.41) is 0. The van der Waals surface area contributed by atoms with Crippen LogP contribution in [-0.2, 0) is 0 Å². The lowest BCUT2D eigenvalue weighted by atomic mass is 9.91. The van der Waals surface area contributed by atoms with Crippen molar-refractivity contribution in [2.24, 2.45) is 10.8 Å². The van der Waals surface area contributed by atoms with Crippen LogP contribution in [0, 0.1) is 24.7 Å². The Balaban J connectivity index is 2.47. The molecular formula is C17H24. The molecule has 1 aromatic rings. The van der Waals surface area contributed by atoms with Crippen LogP contribution in [0.1, 0.15) is 50.3 Å². The van der Waals surface area contributed by atoms with Crippen LogP contribution in [0.25, 0.3) is 0 Å². The van der Waals surface area contributed by atoms with E-state index in [4.69, 9.17) is 0 Å². The molecule has 1 aromatic carbocycles. The molecule has 92 valence electrons. The Hall–Kier alpha value is -1.04. The van der Waals surface area contributed by atoms with Gasteiger partial charge in [0, 0.05) is 5.41 Å². The molecule has 0 radical (unpaired) electrons. The number of rotatable bonds is 2. The molecule has 1 fully saturated rings. The average Bonchev–Trinajstić information content (AvgIpc) is 2.60. The van der Waals surface area contributed by atoms with Crippen molar-refractivity contribution in [2.45, 2.75) is 47.5 Å². The maximum atomic E-state index is 4.21. The minimum Gasteiger partial charge on any atom is -0.0995 e. The van der Waals surface area contributed by atoms with E-state index in [-0.39, 0.29) is 5.41 Å². The number of hydrogen-bond donors (Lipinski definition) is 0. The van der Waals surface area contributed by atoms with Gasteiger partial charge >= 0.3 is 0 Å². The van der Waals surface area contributed by atoms with E-state index >= 15 is 0 Å². The van der Waals surface area contributed by atoms with Crippen molar-refractivity contribution in [2.75, 3.05) is 0 Å². The monoisotopic (exact) mass is 228 g/mol. The fourth-order valence-corrected chi connectivity index (χ4v) is 3.70. The topological polar surface area (TPSA) is 0 Å². The van der Waals surface area contributed by atoms with Crippen molar-refractivity contribution in [1.29, 1.82) is 0 Å². The molecule has 0 unspecified atom stereocenters. The van der Waals surface area contributed by atoms with E-state index in [1.807, 2.05) is 0 Å². The summed E-state index contributed by atoms with van der Waals surface area (Å²) in [7, 11) is 0. The molecule has 17 heavy (non-hydrogen) atoms. The predicted molar refractivity (Wildman–Crippen MR) is 75.4 cm³/mol. The largest absolute Gasteiger partial charge is 0.0995 e. The number of hydrogen-bond acceptors (Lipinski definition) is 0. The third-order valence-electron chi connectivity index (χ3n) is 5.02. The van der Waals surface area contributed by atoms with E-state index in [0.29, 0.717) is 11.3 Å². The Bertz CT molecular complexity index is 459. The molecule has 0 heteroatoms. The summed E-state index contributed by atoms with van der Waals surface area (Å²) in [6.45, 7) is 17.8. The molecule has 0 heterocycles. The normalized spacial score (nSPS) is 30.1. The van der Waals surface area contributed by atoms with Crippen molar-refractivity contribution < 1.29 is 0 Å². The number of aryl methyl sites for hydroxylation is 2. The molecule has 0 nitrogen and oxygen atoms in total. The zero-order valence-electron chi connectivity index (χ0n) is 12.0. The van der Waals surface area contributed by atoms with E-state index in [2.05, 4.69) is 66.3 Å². The molecule has 0 bridgehead atoms. The van der Waals surface area contributed by atoms with E-state index in [1.165, 1.54) is 22.3 Å². The van der Waals surface area contributed by atoms with Gasteiger partial charge in [0.2, 0.25) is 0 Å². The van der Waals surface area contributed by atoms with Gasteiger partial charge in [-0.25, -0.2) is 0 Å². The highest BCUT2D eigenvalue weighted by Crippen LogP contribution is 2.76. The first kappa shape index (κ1) is 12.4. The van der Waals surface area contributed by atoms with Crippen LogP contribution in [0.15, 0.2) is 30.4 Å². The third kappa shape index (κ3) is 1.57. The van der Waals surface area contributed by atoms with Crippen molar-refractivity contribution in [3.8, 4) is 0 Å². The van der Waals surface area contributed by atoms with E-state index < -0.39 is 0 Å². The number of benzene rings is 1. The second kappa shape index (κ2) is 3.48. The second-order valence-corrected chi connectivity index (χ2v) is 6.56. The van der Waals surface area contributed by atoms with Crippen molar-refractivity contribution in [3.63, 3.8) is 0 Å². The molecule has 0 spiro atoms. The standard InChI is InChI=1S/C17H24/c1-11(2)17(7)15(16(17,5)6)14-9-12(3)8-13(4)10-14/h8-10,15H,1H2,2-7H3/t15-,17+/m1/s1. The molecule has 0 aromatic heterocycles. The summed E-state index contributed by atoms with van der Waals surface area (Å²) >= 11 is 0. The minimum atomic E-state index is 0.257. The average molecular weight is 228 g/mol. The lowest BCUT2D eigenvalue weighted by molar-refractivity contribution is 0.481. The molecule has 2 rings (SSSR count). The Kier molecular flexibility index (Phi) is 2.54. The molecule has 0 saturated heterocycles. The number of allylic oxidation sites excluding steroid dienone is 1. The molecule has 1 aliphatic rings. The van der Waals surface area contributed by atoms with E-state index in [1.54, 1.807) is 0 Å². The highest BCUT2D eigenvalue weighted by atomic mass is 14.7. The first-order valence-corrected chi connectivity index (χ1v) is 6.45. The highest BCUT2D eigenvalue weighted by molar-refractivity contribution is 5.45. The van der Waals surface area contributed by atoms with Gasteiger partial charge in [0.1, 0.15) is 0 Å². The second-order valence-electron chi connectivity index (χ2n) is 6.56. The fraction of sp³-hybridized carbons (Fsp3) is 0.529. The first-order valence-electron chi connectivity index (χ1n) is 6.45. The lowest BCUT2D eigenvalue weighted by Gasteiger charge is -2.14. The van der Waals surface area contributed by atoms with Crippen molar-refractivity contribution in [1.82, 2.24) is 0 Å². The van der Waals surface area contributed by atoms with Gasteiger partial charge in [-0.15, -0.1) is 0 Å². The molecule has 1 saturated carbocycles. The fourth-order valence-electron chi connectivity index (χ4n) is 3.70. The van der Waals surface area contributed by atoms with Gasteiger partial charge in [-0.1, -0.05) is 62.2 Å². The van der Waals surface area contributed by atoms with Gasteiger partial charge in [0.05, 0.1) is 0 Å². The van der Waals surface area contributed by atoms with Crippen molar-refractivity contribution in [3.05, 3.63) is 47.0 Å². The smallest absolute Gasteiger partial charge is 0.000949 e. The molecule has 1 aliphatic carbocycles. The van der Waals surface area contributed by atoms with Crippen LogP contribution in [0.4, 0.5) is 0 Å². The predicted octanol–water partition coefficient (Wildman–Crippen LogP) is 5.01. The molecule has 2 atom stereocenters. The van der Waals surface area contributed by atoms with Crippen LogP contribution in [0.2, 0.25) is 0 Å². The van der Waals surface area contributed by atoms with Gasteiger partial charge in [-0.3, -0.25) is 0 Å². The van der Waals surface area contributed by atoms with Crippen LogP contribution < -0.4 is 0 Å². The molecule has 0 amide bonds. The van der Waals surface area contributed by atoms with Crippen LogP contribution >= 0.6 is 0 Å². The minimum absolute atomic E-state index is 0.257. The summed E-state index contributed by atoms with van der Waals surface area (Å²) < 4.78 is 0. The third-order valence-corrected chi connectivity index (χ3v) is 5.02. The van der Waals surface area contributed by atoms with E-state index in [0.717, 1.165) is 0 Å². The zero-order chi connectivity index (χ0) is 13.0. The summed E-state index contributed by atoms with van der Waals surface area (Å²) in [6, 6.07) is 6.93. The summed E-state index contributed by atoms with van der Waals surface area (Å²) in [5.41, 5.74) is 6.12. The Morgan fingerprint density at radius 3 is 1.88 bits per heavy atom. The molecule has 0 N–H and O–H groups in total. The quantitative estimate of drug-likeness (QED) is 0.624. The van der Waals surface area contributed by atoms with Gasteiger partial charge in [-0.2, -0.15) is 0 Å². The Morgan fingerprint density at radius 1 is 1.06 bits per heavy atom. The maximum absolute atomic E-state index is 4.21. The molecular weight excluding hydrogens is 204 g/mol. The first-order chi connectivity index (χ1) is 7.71. The van der Waals surface area contributed by atoms with Crippen molar-refractivity contribution >= 4 is 0 Å². The van der Waals surface area contributed by atoms with Crippen LogP contribution in [0.3, 0.4) is 0 Å². The van der Waals surface area contributed by atoms with E-state index in [9.17, 15) is 0 Å². The summed E-state index contributed by atoms with van der Waals surface area (Å²) in [4.78, 5) is 0. The van der Waals surface area contributed by atoms with Gasteiger partial charge < -0.3 is 0 Å². The highest BCUT2D eigenvalue weighted by Gasteiger charge is 2.68. The van der Waals surface area contributed by atoms with Crippen LogP contribution in [-0.4, -0.2) is 0 Å².